The molecule has 0 aromatic heterocycles. The lowest BCUT2D eigenvalue weighted by atomic mass is 10.2. The maximum absolute atomic E-state index is 12.9. The lowest BCUT2D eigenvalue weighted by Gasteiger charge is -2.27. The number of nitrogens with one attached hydrogen (secondary N) is 1. The van der Waals surface area contributed by atoms with Gasteiger partial charge in [0.2, 0.25) is 0 Å². The van der Waals surface area contributed by atoms with Crippen LogP contribution in [0.3, 0.4) is 0 Å². The van der Waals surface area contributed by atoms with E-state index in [4.69, 9.17) is 4.74 Å². The molecule has 0 aliphatic rings. The zero-order valence-electron chi connectivity index (χ0n) is 13.8. The van der Waals surface area contributed by atoms with E-state index in [1.807, 2.05) is 30.3 Å². The zero-order chi connectivity index (χ0) is 17.6. The van der Waals surface area contributed by atoms with E-state index < -0.39 is 19.2 Å². The SMILES string of the molecule is CC(C)C(NC(=O)OCc1ccccc1)P(=O)(O)c1ccccc1. The predicted molar refractivity (Wildman–Crippen MR) is 94.3 cm³/mol. The first kappa shape index (κ1) is 18.2. The Hall–Kier alpha value is -2.10. The molecule has 128 valence electrons. The first-order valence-electron chi connectivity index (χ1n) is 7.76. The maximum atomic E-state index is 12.9. The number of carbonyl (C=O) groups excluding carboxylic acids is 1. The van der Waals surface area contributed by atoms with Gasteiger partial charge in [-0.2, -0.15) is 0 Å². The fourth-order valence-electron chi connectivity index (χ4n) is 2.35. The van der Waals surface area contributed by atoms with Crippen molar-refractivity contribution >= 4 is 18.8 Å². The van der Waals surface area contributed by atoms with Gasteiger partial charge in [0, 0.05) is 5.30 Å². The lowest BCUT2D eigenvalue weighted by Crippen LogP contribution is -2.40. The summed E-state index contributed by atoms with van der Waals surface area (Å²) in [5, 5.41) is 2.86. The summed E-state index contributed by atoms with van der Waals surface area (Å²) in [4.78, 5) is 22.6. The maximum Gasteiger partial charge on any atom is 0.408 e. The van der Waals surface area contributed by atoms with Crippen LogP contribution in [-0.4, -0.2) is 16.8 Å². The summed E-state index contributed by atoms with van der Waals surface area (Å²) in [5.41, 5.74) is 0.851. The van der Waals surface area contributed by atoms with Gasteiger partial charge in [0.05, 0.1) is 0 Å². The van der Waals surface area contributed by atoms with Gasteiger partial charge in [-0.25, -0.2) is 4.79 Å². The molecule has 2 N–H and O–H groups in total. The second kappa shape index (κ2) is 8.13. The average Bonchev–Trinajstić information content (AvgIpc) is 2.59. The molecule has 2 unspecified atom stereocenters. The van der Waals surface area contributed by atoms with Gasteiger partial charge in [-0.05, 0) is 23.6 Å². The molecular weight excluding hydrogens is 325 g/mol. The van der Waals surface area contributed by atoms with Crippen molar-refractivity contribution in [3.63, 3.8) is 0 Å². The fourth-order valence-corrected chi connectivity index (χ4v) is 4.36. The van der Waals surface area contributed by atoms with Crippen molar-refractivity contribution in [2.75, 3.05) is 0 Å². The summed E-state index contributed by atoms with van der Waals surface area (Å²) in [6.45, 7) is 3.68. The Balaban J connectivity index is 2.05. The molecule has 0 saturated carbocycles. The molecule has 0 heterocycles. The highest BCUT2D eigenvalue weighted by Crippen LogP contribution is 2.46. The summed E-state index contributed by atoms with van der Waals surface area (Å²) in [7, 11) is -3.77. The molecule has 6 heteroatoms. The van der Waals surface area contributed by atoms with Crippen molar-refractivity contribution in [1.29, 1.82) is 0 Å². The molecular formula is C18H22NO4P. The molecule has 0 fully saturated rings. The van der Waals surface area contributed by atoms with E-state index in [1.165, 1.54) is 0 Å². The van der Waals surface area contributed by atoms with E-state index in [1.54, 1.807) is 44.2 Å². The largest absolute Gasteiger partial charge is 0.445 e. The lowest BCUT2D eigenvalue weighted by molar-refractivity contribution is 0.136. The quantitative estimate of drug-likeness (QED) is 0.785. The highest BCUT2D eigenvalue weighted by Gasteiger charge is 2.36. The van der Waals surface area contributed by atoms with E-state index in [0.29, 0.717) is 5.30 Å². The third-order valence-electron chi connectivity index (χ3n) is 3.61. The fraction of sp³-hybridized carbons (Fsp3) is 0.278. The predicted octanol–water partition coefficient (Wildman–Crippen LogP) is 3.49. The van der Waals surface area contributed by atoms with Crippen molar-refractivity contribution in [2.45, 2.75) is 26.2 Å². The number of alkyl carbamates (subject to hydrolysis) is 1. The Morgan fingerprint density at radius 3 is 2.17 bits per heavy atom. The van der Waals surface area contributed by atoms with Crippen LogP contribution in [-0.2, 0) is 15.9 Å². The molecule has 2 aromatic carbocycles. The molecule has 0 spiro atoms. The van der Waals surface area contributed by atoms with Gasteiger partial charge in [0.15, 0.2) is 0 Å². The summed E-state index contributed by atoms with van der Waals surface area (Å²) in [5.74, 6) is -1.14. The van der Waals surface area contributed by atoms with Crippen LogP contribution in [0.5, 0.6) is 0 Å². The molecule has 0 aliphatic carbocycles. The molecule has 5 nitrogen and oxygen atoms in total. The highest BCUT2D eigenvalue weighted by molar-refractivity contribution is 7.66. The number of hydrogen-bond acceptors (Lipinski definition) is 3. The van der Waals surface area contributed by atoms with Crippen molar-refractivity contribution < 1.29 is 19.0 Å². The number of carbonyl (C=O) groups is 1. The Morgan fingerprint density at radius 1 is 1.08 bits per heavy atom. The monoisotopic (exact) mass is 347 g/mol. The van der Waals surface area contributed by atoms with Crippen molar-refractivity contribution in [3.8, 4) is 0 Å². The molecule has 2 aromatic rings. The Labute approximate surface area is 142 Å². The number of rotatable bonds is 6. The van der Waals surface area contributed by atoms with Gasteiger partial charge in [-0.1, -0.05) is 62.4 Å². The second-order valence-electron chi connectivity index (χ2n) is 5.85. The van der Waals surface area contributed by atoms with Gasteiger partial charge >= 0.3 is 6.09 Å². The van der Waals surface area contributed by atoms with Gasteiger partial charge in [-0.15, -0.1) is 0 Å². The molecule has 24 heavy (non-hydrogen) atoms. The zero-order valence-corrected chi connectivity index (χ0v) is 14.6. The van der Waals surface area contributed by atoms with Gasteiger partial charge in [0.1, 0.15) is 12.4 Å². The smallest absolute Gasteiger partial charge is 0.408 e. The summed E-state index contributed by atoms with van der Waals surface area (Å²) >= 11 is 0. The highest BCUT2D eigenvalue weighted by atomic mass is 31.2. The molecule has 1 amide bonds. The molecule has 2 atom stereocenters. The van der Waals surface area contributed by atoms with E-state index in [9.17, 15) is 14.3 Å². The molecule has 0 saturated heterocycles. The van der Waals surface area contributed by atoms with Crippen LogP contribution < -0.4 is 10.6 Å². The van der Waals surface area contributed by atoms with Crippen LogP contribution in [0.25, 0.3) is 0 Å². The van der Waals surface area contributed by atoms with Crippen LogP contribution >= 0.6 is 7.37 Å². The summed E-state index contributed by atoms with van der Waals surface area (Å²) in [6.07, 6.45) is -0.706. The summed E-state index contributed by atoms with van der Waals surface area (Å²) < 4.78 is 18.0. The number of benzene rings is 2. The van der Waals surface area contributed by atoms with Gasteiger partial charge in [0.25, 0.3) is 7.37 Å². The van der Waals surface area contributed by atoms with Crippen LogP contribution in [0.4, 0.5) is 4.79 Å². The first-order chi connectivity index (χ1) is 11.4. The van der Waals surface area contributed by atoms with Crippen molar-refractivity contribution in [1.82, 2.24) is 5.32 Å². The van der Waals surface area contributed by atoms with E-state index in [-0.39, 0.29) is 12.5 Å². The topological polar surface area (TPSA) is 75.6 Å². The van der Waals surface area contributed by atoms with Crippen LogP contribution in [0.1, 0.15) is 19.4 Å². The minimum absolute atomic E-state index is 0.110. The Morgan fingerprint density at radius 2 is 1.62 bits per heavy atom. The number of hydrogen-bond donors (Lipinski definition) is 2. The molecule has 0 bridgehead atoms. The Kier molecular flexibility index (Phi) is 6.18. The number of amides is 1. The van der Waals surface area contributed by atoms with E-state index in [2.05, 4.69) is 5.32 Å². The number of ether oxygens (including phenoxy) is 1. The minimum Gasteiger partial charge on any atom is -0.445 e. The summed E-state index contributed by atoms with van der Waals surface area (Å²) in [6, 6.07) is 17.6. The third-order valence-corrected chi connectivity index (χ3v) is 6.13. The second-order valence-corrected chi connectivity index (χ2v) is 8.17. The van der Waals surface area contributed by atoms with Crippen LogP contribution in [0, 0.1) is 5.92 Å². The molecule has 2 rings (SSSR count). The van der Waals surface area contributed by atoms with E-state index >= 15 is 0 Å². The van der Waals surface area contributed by atoms with Crippen LogP contribution in [0.15, 0.2) is 60.7 Å². The first-order valence-corrected chi connectivity index (χ1v) is 9.49. The van der Waals surface area contributed by atoms with Crippen molar-refractivity contribution in [2.24, 2.45) is 5.92 Å². The minimum atomic E-state index is -3.77. The van der Waals surface area contributed by atoms with Crippen LogP contribution in [0.2, 0.25) is 0 Å². The Bertz CT molecular complexity index is 703. The van der Waals surface area contributed by atoms with Gasteiger partial charge < -0.3 is 14.9 Å². The molecule has 0 aliphatic heterocycles. The average molecular weight is 347 g/mol. The van der Waals surface area contributed by atoms with Gasteiger partial charge in [-0.3, -0.25) is 4.57 Å². The van der Waals surface area contributed by atoms with Crippen molar-refractivity contribution in [3.05, 3.63) is 66.2 Å². The molecule has 0 radical (unpaired) electrons. The van der Waals surface area contributed by atoms with E-state index in [0.717, 1.165) is 5.56 Å². The standard InChI is InChI=1S/C18H22NO4P/c1-14(2)17(24(21,22)16-11-7-4-8-12-16)19-18(20)23-13-15-9-5-3-6-10-15/h3-12,14,17H,13H2,1-2H3,(H,19,20)(H,21,22). The normalized spacial score (nSPS) is 14.7. The third kappa shape index (κ3) is 4.70.